The molecule has 0 saturated heterocycles. The Morgan fingerprint density at radius 1 is 1.14 bits per heavy atom. The predicted molar refractivity (Wildman–Crippen MR) is 89.5 cm³/mol. The number of rotatable bonds is 3. The van der Waals surface area contributed by atoms with Crippen molar-refractivity contribution in [3.8, 4) is 5.75 Å². The molecule has 0 spiro atoms. The first-order chi connectivity index (χ1) is 9.78. The van der Waals surface area contributed by atoms with Crippen molar-refractivity contribution in [2.45, 2.75) is 57.9 Å². The Morgan fingerprint density at radius 3 is 2.67 bits per heavy atom. The van der Waals surface area contributed by atoms with Crippen LogP contribution in [0.15, 0.2) is 12.3 Å². The van der Waals surface area contributed by atoms with Gasteiger partial charge in [-0.25, -0.2) is 0 Å². The van der Waals surface area contributed by atoms with Crippen LogP contribution in [0.4, 0.5) is 5.69 Å². The highest BCUT2D eigenvalue weighted by molar-refractivity contribution is 5.85. The zero-order valence-corrected chi connectivity index (χ0v) is 13.9. The number of ether oxygens (including phenoxy) is 1. The second-order valence-electron chi connectivity index (χ2n) is 6.44. The number of hydrogen-bond donors (Lipinski definition) is 1. The Morgan fingerprint density at radius 2 is 1.90 bits per heavy atom. The maximum Gasteiger partial charge on any atom is 0.163 e. The minimum atomic E-state index is 0. The summed E-state index contributed by atoms with van der Waals surface area (Å²) in [6.45, 7) is 2.00. The monoisotopic (exact) mass is 310 g/mol. The number of methoxy groups -OCH3 is 1. The van der Waals surface area contributed by atoms with Gasteiger partial charge < -0.3 is 10.1 Å². The molecule has 2 aliphatic rings. The van der Waals surface area contributed by atoms with Crippen molar-refractivity contribution in [1.29, 1.82) is 0 Å². The summed E-state index contributed by atoms with van der Waals surface area (Å²) in [5, 5.41) is 3.71. The first-order valence-electron chi connectivity index (χ1n) is 8.04. The van der Waals surface area contributed by atoms with Crippen molar-refractivity contribution in [1.82, 2.24) is 4.98 Å². The Balaban J connectivity index is 0.00000161. The van der Waals surface area contributed by atoms with Crippen molar-refractivity contribution in [3.05, 3.63) is 18.0 Å². The van der Waals surface area contributed by atoms with Gasteiger partial charge >= 0.3 is 0 Å². The largest absolute Gasteiger partial charge is 0.493 e. The maximum absolute atomic E-state index is 5.50. The molecule has 2 fully saturated rings. The van der Waals surface area contributed by atoms with Crippen molar-refractivity contribution < 1.29 is 4.74 Å². The number of hydrogen-bond acceptors (Lipinski definition) is 3. The minimum Gasteiger partial charge on any atom is -0.493 e. The summed E-state index contributed by atoms with van der Waals surface area (Å²) in [5.74, 6) is 2.85. The third-order valence-corrected chi connectivity index (χ3v) is 5.19. The molecule has 3 unspecified atom stereocenters. The number of aryl methyl sites for hydroxylation is 1. The van der Waals surface area contributed by atoms with Gasteiger partial charge in [0.05, 0.1) is 18.5 Å². The fourth-order valence-corrected chi connectivity index (χ4v) is 4.15. The Labute approximate surface area is 134 Å². The molecule has 2 aliphatic carbocycles. The van der Waals surface area contributed by atoms with E-state index in [2.05, 4.69) is 10.3 Å². The summed E-state index contributed by atoms with van der Waals surface area (Å²) in [6, 6.07) is 2.64. The summed E-state index contributed by atoms with van der Waals surface area (Å²) < 4.78 is 5.50. The van der Waals surface area contributed by atoms with E-state index in [0.29, 0.717) is 6.04 Å². The molecule has 118 valence electrons. The lowest BCUT2D eigenvalue weighted by molar-refractivity contribution is 0.162. The fourth-order valence-electron chi connectivity index (χ4n) is 4.15. The molecule has 0 bridgehead atoms. The van der Waals surface area contributed by atoms with Crippen LogP contribution in [0.25, 0.3) is 0 Å². The van der Waals surface area contributed by atoms with Crippen LogP contribution in [0.3, 0.4) is 0 Å². The average Bonchev–Trinajstić information content (AvgIpc) is 2.47. The van der Waals surface area contributed by atoms with Gasteiger partial charge in [0.25, 0.3) is 0 Å². The van der Waals surface area contributed by atoms with Gasteiger partial charge in [-0.05, 0) is 44.1 Å². The van der Waals surface area contributed by atoms with Crippen LogP contribution in [0.5, 0.6) is 5.75 Å². The molecule has 1 N–H and O–H groups in total. The van der Waals surface area contributed by atoms with E-state index in [1.54, 1.807) is 7.11 Å². The SMILES string of the molecule is COc1c(NC2CCC3CCCCC3C2)ccnc1C.Cl. The lowest BCUT2D eigenvalue weighted by atomic mass is 9.69. The van der Waals surface area contributed by atoms with E-state index < -0.39 is 0 Å². The summed E-state index contributed by atoms with van der Waals surface area (Å²) in [5.41, 5.74) is 2.07. The van der Waals surface area contributed by atoms with Crippen molar-refractivity contribution >= 4 is 18.1 Å². The highest BCUT2D eigenvalue weighted by Crippen LogP contribution is 2.41. The van der Waals surface area contributed by atoms with Crippen LogP contribution >= 0.6 is 12.4 Å². The van der Waals surface area contributed by atoms with Crippen LogP contribution in [-0.4, -0.2) is 18.1 Å². The molecule has 1 aromatic heterocycles. The summed E-state index contributed by atoms with van der Waals surface area (Å²) in [7, 11) is 1.73. The fraction of sp³-hybridized carbons (Fsp3) is 0.706. The van der Waals surface area contributed by atoms with Gasteiger partial charge in [-0.3, -0.25) is 4.98 Å². The van der Waals surface area contributed by atoms with Gasteiger partial charge in [-0.15, -0.1) is 12.4 Å². The number of nitrogens with one attached hydrogen (secondary N) is 1. The molecule has 3 rings (SSSR count). The summed E-state index contributed by atoms with van der Waals surface area (Å²) in [6.07, 6.45) is 11.7. The molecule has 3 atom stereocenters. The number of anilines is 1. The van der Waals surface area contributed by atoms with E-state index in [4.69, 9.17) is 4.74 Å². The van der Waals surface area contributed by atoms with E-state index >= 15 is 0 Å². The van der Waals surface area contributed by atoms with E-state index in [0.717, 1.165) is 29.0 Å². The van der Waals surface area contributed by atoms with Gasteiger partial charge in [0.2, 0.25) is 0 Å². The number of pyridine rings is 1. The van der Waals surface area contributed by atoms with E-state index in [-0.39, 0.29) is 12.4 Å². The molecule has 1 aromatic rings. The van der Waals surface area contributed by atoms with Crippen LogP contribution in [-0.2, 0) is 0 Å². The van der Waals surface area contributed by atoms with Crippen molar-refractivity contribution in [3.63, 3.8) is 0 Å². The third-order valence-electron chi connectivity index (χ3n) is 5.19. The molecule has 3 nitrogen and oxygen atoms in total. The van der Waals surface area contributed by atoms with Gasteiger partial charge in [0.15, 0.2) is 5.75 Å². The highest BCUT2D eigenvalue weighted by Gasteiger charge is 2.32. The zero-order chi connectivity index (χ0) is 13.9. The molecule has 0 radical (unpaired) electrons. The molecule has 1 heterocycles. The summed E-state index contributed by atoms with van der Waals surface area (Å²) in [4.78, 5) is 4.30. The lowest BCUT2D eigenvalue weighted by Crippen LogP contribution is -2.34. The molecule has 4 heteroatoms. The molecule has 0 aliphatic heterocycles. The summed E-state index contributed by atoms with van der Waals surface area (Å²) >= 11 is 0. The van der Waals surface area contributed by atoms with E-state index in [1.807, 2.05) is 19.2 Å². The van der Waals surface area contributed by atoms with Crippen LogP contribution in [0, 0.1) is 18.8 Å². The molecule has 2 saturated carbocycles. The van der Waals surface area contributed by atoms with E-state index in [9.17, 15) is 0 Å². The minimum absolute atomic E-state index is 0. The van der Waals surface area contributed by atoms with Crippen LogP contribution in [0.1, 0.15) is 50.6 Å². The lowest BCUT2D eigenvalue weighted by Gasteiger charge is -2.40. The topological polar surface area (TPSA) is 34.1 Å². The van der Waals surface area contributed by atoms with E-state index in [1.165, 1.54) is 44.9 Å². The van der Waals surface area contributed by atoms with Crippen LogP contribution < -0.4 is 10.1 Å². The second kappa shape index (κ2) is 7.35. The number of fused-ring (bicyclic) bond motifs is 1. The van der Waals surface area contributed by atoms with Gasteiger partial charge in [0, 0.05) is 12.2 Å². The predicted octanol–water partition coefficient (Wildman–Crippen LogP) is 4.59. The van der Waals surface area contributed by atoms with Crippen molar-refractivity contribution in [2.75, 3.05) is 12.4 Å². The zero-order valence-electron chi connectivity index (χ0n) is 13.1. The standard InChI is InChI=1S/C17H26N2O.ClH/c1-12-17(20-2)16(9-10-18-12)19-15-8-7-13-5-3-4-6-14(13)11-15;/h9-10,13-15H,3-8,11H2,1-2H3,(H,18,19);1H. The first kappa shape index (κ1) is 16.4. The number of nitrogens with zero attached hydrogens (tertiary/aromatic N) is 1. The quantitative estimate of drug-likeness (QED) is 0.886. The normalized spacial score (nSPS) is 28.2. The number of halogens is 1. The smallest absolute Gasteiger partial charge is 0.163 e. The first-order valence-corrected chi connectivity index (χ1v) is 8.04. The van der Waals surface area contributed by atoms with Gasteiger partial charge in [-0.1, -0.05) is 25.7 Å². The number of aromatic nitrogens is 1. The molecular formula is C17H27ClN2O. The highest BCUT2D eigenvalue weighted by atomic mass is 35.5. The Hall–Kier alpha value is -0.960. The molecule has 0 amide bonds. The van der Waals surface area contributed by atoms with Crippen LogP contribution in [0.2, 0.25) is 0 Å². The third kappa shape index (κ3) is 3.63. The average molecular weight is 311 g/mol. The molecular weight excluding hydrogens is 284 g/mol. The van der Waals surface area contributed by atoms with Crippen molar-refractivity contribution in [2.24, 2.45) is 11.8 Å². The Kier molecular flexibility index (Phi) is 5.74. The molecule has 21 heavy (non-hydrogen) atoms. The van der Waals surface area contributed by atoms with Gasteiger partial charge in [-0.2, -0.15) is 0 Å². The second-order valence-corrected chi connectivity index (χ2v) is 6.44. The Bertz CT molecular complexity index is 466. The maximum atomic E-state index is 5.50. The molecule has 0 aromatic carbocycles. The van der Waals surface area contributed by atoms with Gasteiger partial charge in [0.1, 0.15) is 0 Å².